The van der Waals surface area contributed by atoms with Gasteiger partial charge in [-0.1, -0.05) is 6.92 Å². The van der Waals surface area contributed by atoms with Gasteiger partial charge in [0.05, 0.1) is 10.4 Å². The lowest BCUT2D eigenvalue weighted by Gasteiger charge is -2.13. The summed E-state index contributed by atoms with van der Waals surface area (Å²) in [7, 11) is -1.58. The molecule has 1 heterocycles. The molecule has 1 aromatic rings. The summed E-state index contributed by atoms with van der Waals surface area (Å²) in [5, 5.41) is 8.99. The second-order valence-corrected chi connectivity index (χ2v) is 7.99. The van der Waals surface area contributed by atoms with Crippen LogP contribution in [0.4, 0.5) is 0 Å². The van der Waals surface area contributed by atoms with Gasteiger partial charge in [0.1, 0.15) is 4.90 Å². The molecular weight excluding hydrogens is 340 g/mol. The third-order valence-electron chi connectivity index (χ3n) is 2.48. The average molecular weight is 357 g/mol. The second-order valence-electron chi connectivity index (χ2n) is 3.80. The van der Waals surface area contributed by atoms with Gasteiger partial charge in [-0.25, -0.2) is 13.1 Å². The molecule has 1 aromatic heterocycles. The van der Waals surface area contributed by atoms with Gasteiger partial charge in [0.15, 0.2) is 0 Å². The van der Waals surface area contributed by atoms with Gasteiger partial charge in [-0.2, -0.15) is 0 Å². The van der Waals surface area contributed by atoms with Gasteiger partial charge in [0.25, 0.3) is 0 Å². The summed E-state index contributed by atoms with van der Waals surface area (Å²) < 4.78 is 27.1. The molecule has 0 unspecified atom stereocenters. The molecule has 0 radical (unpaired) electrons. The molecule has 0 amide bonds. The van der Waals surface area contributed by atoms with Crippen LogP contribution in [-0.2, 0) is 16.6 Å². The predicted molar refractivity (Wildman–Crippen MR) is 76.3 cm³/mol. The Bertz CT molecular complexity index is 487. The standard InChI is InChI=1S/C10H17BrN2O3S2/c1-3-13(2)5-4-12-18(15,16)9-6-8(7-14)17-10(9)11/h6,12,14H,3-5,7H2,1-2H3. The van der Waals surface area contributed by atoms with Crippen LogP contribution in [0.3, 0.4) is 0 Å². The third kappa shape index (κ3) is 4.29. The molecule has 2 N–H and O–H groups in total. The topological polar surface area (TPSA) is 69.6 Å². The van der Waals surface area contributed by atoms with Gasteiger partial charge in [-0.05, 0) is 35.6 Å². The van der Waals surface area contributed by atoms with Crippen molar-refractivity contribution < 1.29 is 13.5 Å². The highest BCUT2D eigenvalue weighted by Gasteiger charge is 2.20. The summed E-state index contributed by atoms with van der Waals surface area (Å²) in [6, 6.07) is 1.49. The van der Waals surface area contributed by atoms with E-state index in [2.05, 4.69) is 20.7 Å². The fourth-order valence-corrected chi connectivity index (χ4v) is 4.83. The fourth-order valence-electron chi connectivity index (χ4n) is 1.27. The number of nitrogens with one attached hydrogen (secondary N) is 1. The van der Waals surface area contributed by atoms with Crippen LogP contribution in [0.25, 0.3) is 0 Å². The number of sulfonamides is 1. The molecule has 0 atom stereocenters. The Morgan fingerprint density at radius 1 is 1.56 bits per heavy atom. The molecule has 0 spiro atoms. The molecule has 0 aliphatic carbocycles. The van der Waals surface area contributed by atoms with E-state index in [0.717, 1.165) is 6.54 Å². The van der Waals surface area contributed by atoms with Gasteiger partial charge in [-0.3, -0.25) is 0 Å². The zero-order valence-electron chi connectivity index (χ0n) is 10.3. The molecule has 0 bridgehead atoms. The van der Waals surface area contributed by atoms with Gasteiger partial charge in [0, 0.05) is 18.0 Å². The maximum atomic E-state index is 12.0. The van der Waals surface area contributed by atoms with Crippen LogP contribution in [0.15, 0.2) is 14.7 Å². The van der Waals surface area contributed by atoms with Gasteiger partial charge in [0.2, 0.25) is 10.0 Å². The Kier molecular flexibility index (Phi) is 6.22. The van der Waals surface area contributed by atoms with Gasteiger partial charge < -0.3 is 10.0 Å². The van der Waals surface area contributed by atoms with E-state index in [1.807, 2.05) is 18.9 Å². The molecule has 0 saturated heterocycles. The first kappa shape index (κ1) is 16.1. The fraction of sp³-hybridized carbons (Fsp3) is 0.600. The zero-order chi connectivity index (χ0) is 13.8. The minimum Gasteiger partial charge on any atom is -0.391 e. The van der Waals surface area contributed by atoms with Crippen molar-refractivity contribution in [3.63, 3.8) is 0 Å². The van der Waals surface area contributed by atoms with E-state index in [9.17, 15) is 8.42 Å². The van der Waals surface area contributed by atoms with E-state index in [1.54, 1.807) is 0 Å². The minimum atomic E-state index is -3.51. The summed E-state index contributed by atoms with van der Waals surface area (Å²) >= 11 is 4.43. The van der Waals surface area contributed by atoms with E-state index >= 15 is 0 Å². The van der Waals surface area contributed by atoms with Crippen molar-refractivity contribution in [2.45, 2.75) is 18.4 Å². The zero-order valence-corrected chi connectivity index (χ0v) is 13.5. The second kappa shape index (κ2) is 6.97. The lowest BCUT2D eigenvalue weighted by molar-refractivity contribution is 0.285. The largest absolute Gasteiger partial charge is 0.391 e. The first-order valence-electron chi connectivity index (χ1n) is 5.48. The normalized spacial score (nSPS) is 12.3. The van der Waals surface area contributed by atoms with E-state index in [-0.39, 0.29) is 11.5 Å². The van der Waals surface area contributed by atoms with Crippen LogP contribution in [0.2, 0.25) is 0 Å². The number of halogens is 1. The summed E-state index contributed by atoms with van der Waals surface area (Å²) in [6.07, 6.45) is 0. The monoisotopic (exact) mass is 356 g/mol. The van der Waals surface area contributed by atoms with E-state index in [0.29, 0.717) is 21.8 Å². The first-order chi connectivity index (χ1) is 8.40. The minimum absolute atomic E-state index is 0.155. The van der Waals surface area contributed by atoms with Crippen LogP contribution >= 0.6 is 27.3 Å². The Balaban J connectivity index is 2.71. The van der Waals surface area contributed by atoms with Crippen LogP contribution in [-0.4, -0.2) is 45.1 Å². The Hall–Kier alpha value is 0.01000. The molecule has 8 heteroatoms. The van der Waals surface area contributed by atoms with Gasteiger partial charge >= 0.3 is 0 Å². The maximum absolute atomic E-state index is 12.0. The van der Waals surface area contributed by atoms with Crippen molar-refractivity contribution in [2.24, 2.45) is 0 Å². The molecule has 0 aromatic carbocycles. The molecule has 0 fully saturated rings. The van der Waals surface area contributed by atoms with E-state index < -0.39 is 10.0 Å². The molecule has 0 aliphatic heterocycles. The number of aliphatic hydroxyl groups is 1. The number of hydrogen-bond donors (Lipinski definition) is 2. The van der Waals surface area contributed by atoms with E-state index in [4.69, 9.17) is 5.11 Å². The molecule has 104 valence electrons. The van der Waals surface area contributed by atoms with Crippen LogP contribution in [0.1, 0.15) is 11.8 Å². The highest BCUT2D eigenvalue weighted by atomic mass is 79.9. The van der Waals surface area contributed by atoms with E-state index in [1.165, 1.54) is 17.4 Å². The number of thiophene rings is 1. The van der Waals surface area contributed by atoms with Gasteiger partial charge in [-0.15, -0.1) is 11.3 Å². The van der Waals surface area contributed by atoms with Crippen molar-refractivity contribution in [1.29, 1.82) is 0 Å². The average Bonchev–Trinajstić information content (AvgIpc) is 2.71. The highest BCUT2D eigenvalue weighted by molar-refractivity contribution is 9.11. The highest BCUT2D eigenvalue weighted by Crippen LogP contribution is 2.31. The van der Waals surface area contributed by atoms with Crippen LogP contribution < -0.4 is 4.72 Å². The summed E-state index contributed by atoms with van der Waals surface area (Å²) in [5.41, 5.74) is 0. The summed E-state index contributed by atoms with van der Waals surface area (Å²) in [6.45, 7) is 3.75. The smallest absolute Gasteiger partial charge is 0.242 e. The lowest BCUT2D eigenvalue weighted by Crippen LogP contribution is -2.32. The van der Waals surface area contributed by atoms with Crippen LogP contribution in [0, 0.1) is 0 Å². The quantitative estimate of drug-likeness (QED) is 0.770. The summed E-state index contributed by atoms with van der Waals surface area (Å²) in [4.78, 5) is 2.83. The Labute approximate surface area is 120 Å². The lowest BCUT2D eigenvalue weighted by atomic mass is 10.5. The number of aliphatic hydroxyl groups excluding tert-OH is 1. The SMILES string of the molecule is CCN(C)CCNS(=O)(=O)c1cc(CO)sc1Br. The Morgan fingerprint density at radius 2 is 2.22 bits per heavy atom. The molecule has 1 rings (SSSR count). The number of hydrogen-bond acceptors (Lipinski definition) is 5. The number of likely N-dealkylation sites (N-methyl/N-ethyl adjacent to an activating group) is 1. The van der Waals surface area contributed by atoms with Crippen molar-refractivity contribution >= 4 is 37.3 Å². The van der Waals surface area contributed by atoms with Crippen molar-refractivity contribution in [3.05, 3.63) is 14.7 Å². The molecule has 0 saturated carbocycles. The molecular formula is C10H17BrN2O3S2. The molecule has 18 heavy (non-hydrogen) atoms. The molecule has 5 nitrogen and oxygen atoms in total. The Morgan fingerprint density at radius 3 is 2.72 bits per heavy atom. The molecule has 0 aliphatic rings. The number of rotatable bonds is 7. The predicted octanol–water partition coefficient (Wildman–Crippen LogP) is 1.23. The first-order valence-corrected chi connectivity index (χ1v) is 8.57. The van der Waals surface area contributed by atoms with Crippen molar-refractivity contribution in [1.82, 2.24) is 9.62 Å². The summed E-state index contributed by atoms with van der Waals surface area (Å²) in [5.74, 6) is 0. The number of nitrogens with zero attached hydrogens (tertiary/aromatic N) is 1. The van der Waals surface area contributed by atoms with Crippen LogP contribution in [0.5, 0.6) is 0 Å². The maximum Gasteiger partial charge on any atom is 0.242 e. The van der Waals surface area contributed by atoms with Crippen molar-refractivity contribution in [2.75, 3.05) is 26.7 Å². The third-order valence-corrected chi connectivity index (χ3v) is 6.18. The van der Waals surface area contributed by atoms with Crippen molar-refractivity contribution in [3.8, 4) is 0 Å².